The van der Waals surface area contributed by atoms with Gasteiger partial charge in [-0.25, -0.2) is 0 Å². The lowest BCUT2D eigenvalue weighted by molar-refractivity contribution is 0.00578. The lowest BCUT2D eigenvalue weighted by Gasteiger charge is -2.32. The maximum Gasteiger partial charge on any atom is 0.494 e. The molecule has 0 atom stereocenters. The Morgan fingerprint density at radius 1 is 1.13 bits per heavy atom. The van der Waals surface area contributed by atoms with Crippen molar-refractivity contribution in [1.82, 2.24) is 4.98 Å². The molecule has 1 aromatic carbocycles. The molecule has 0 unspecified atom stereocenters. The standard InChI is InChI=1S/C19H24BNO2/c1-7-9-14-15-12-13(10-11-17(15)21-16(14)8-2)20-22-18(3,4)19(5,6)23-20/h7-12,21H,2H2,1,3-6H3/b9-7-. The largest absolute Gasteiger partial charge is 0.494 e. The first-order chi connectivity index (χ1) is 10.8. The molecule has 2 aromatic rings. The Morgan fingerprint density at radius 2 is 1.78 bits per heavy atom. The molecule has 0 saturated carbocycles. The van der Waals surface area contributed by atoms with Gasteiger partial charge in [-0.2, -0.15) is 0 Å². The fourth-order valence-electron chi connectivity index (χ4n) is 2.88. The van der Waals surface area contributed by atoms with Gasteiger partial charge in [-0.15, -0.1) is 0 Å². The van der Waals surface area contributed by atoms with Crippen molar-refractivity contribution < 1.29 is 9.31 Å². The molecule has 1 aliphatic rings. The maximum atomic E-state index is 6.16. The van der Waals surface area contributed by atoms with Crippen LogP contribution in [0.4, 0.5) is 0 Å². The SMILES string of the molecule is C=Cc1[nH]c2ccc(B3OC(C)(C)C(C)(C)O3)cc2c1/C=C\C. The number of benzene rings is 1. The minimum Gasteiger partial charge on any atom is -0.399 e. The van der Waals surface area contributed by atoms with Gasteiger partial charge < -0.3 is 14.3 Å². The average Bonchev–Trinajstić information content (AvgIpc) is 2.93. The number of H-pyrrole nitrogens is 1. The van der Waals surface area contributed by atoms with Gasteiger partial charge in [0.25, 0.3) is 0 Å². The van der Waals surface area contributed by atoms with Crippen LogP contribution in [0.2, 0.25) is 0 Å². The fourth-order valence-corrected chi connectivity index (χ4v) is 2.88. The van der Waals surface area contributed by atoms with Gasteiger partial charge in [0, 0.05) is 22.2 Å². The molecule has 1 fully saturated rings. The Labute approximate surface area is 138 Å². The van der Waals surface area contributed by atoms with Crippen molar-refractivity contribution in [3.63, 3.8) is 0 Å². The van der Waals surface area contributed by atoms with E-state index in [0.29, 0.717) is 0 Å². The van der Waals surface area contributed by atoms with Gasteiger partial charge >= 0.3 is 7.12 Å². The van der Waals surface area contributed by atoms with Gasteiger partial charge in [-0.3, -0.25) is 0 Å². The molecule has 23 heavy (non-hydrogen) atoms. The minimum atomic E-state index is -0.343. The number of allylic oxidation sites excluding steroid dienone is 1. The van der Waals surface area contributed by atoms with Crippen molar-refractivity contribution in [1.29, 1.82) is 0 Å². The Morgan fingerprint density at radius 3 is 2.35 bits per heavy atom. The van der Waals surface area contributed by atoms with Crippen molar-refractivity contribution >= 4 is 35.6 Å². The van der Waals surface area contributed by atoms with Crippen LogP contribution < -0.4 is 5.46 Å². The lowest BCUT2D eigenvalue weighted by atomic mass is 9.78. The van der Waals surface area contributed by atoms with E-state index in [9.17, 15) is 0 Å². The van der Waals surface area contributed by atoms with E-state index < -0.39 is 0 Å². The summed E-state index contributed by atoms with van der Waals surface area (Å²) in [5.41, 5.74) is 3.65. The van der Waals surface area contributed by atoms with E-state index in [0.717, 1.165) is 27.6 Å². The molecule has 1 aliphatic heterocycles. The van der Waals surface area contributed by atoms with Crippen LogP contribution in [-0.2, 0) is 9.31 Å². The fraction of sp³-hybridized carbons (Fsp3) is 0.368. The Balaban J connectivity index is 2.07. The highest BCUT2D eigenvalue weighted by atomic mass is 16.7. The molecule has 0 radical (unpaired) electrons. The summed E-state index contributed by atoms with van der Waals surface area (Å²) < 4.78 is 12.3. The number of hydrogen-bond donors (Lipinski definition) is 1. The molecule has 3 rings (SSSR count). The third kappa shape index (κ3) is 2.56. The van der Waals surface area contributed by atoms with E-state index in [1.54, 1.807) is 0 Å². The summed E-state index contributed by atoms with van der Waals surface area (Å²) in [5, 5.41) is 1.16. The highest BCUT2D eigenvalue weighted by Gasteiger charge is 2.51. The second kappa shape index (κ2) is 5.39. The molecule has 0 amide bonds. The molecular weight excluding hydrogens is 285 g/mol. The number of rotatable bonds is 3. The van der Waals surface area contributed by atoms with Crippen LogP contribution in [-0.4, -0.2) is 23.3 Å². The molecule has 0 spiro atoms. The number of aromatic nitrogens is 1. The van der Waals surface area contributed by atoms with Gasteiger partial charge in [0.1, 0.15) is 0 Å². The predicted octanol–water partition coefficient (Wildman–Crippen LogP) is 4.14. The van der Waals surface area contributed by atoms with Crippen LogP contribution >= 0.6 is 0 Å². The molecule has 0 bridgehead atoms. The van der Waals surface area contributed by atoms with Crippen LogP contribution in [0.25, 0.3) is 23.1 Å². The van der Waals surface area contributed by atoms with E-state index in [4.69, 9.17) is 9.31 Å². The number of fused-ring (bicyclic) bond motifs is 1. The summed E-state index contributed by atoms with van der Waals surface area (Å²) in [6.45, 7) is 14.2. The zero-order valence-electron chi connectivity index (χ0n) is 14.6. The van der Waals surface area contributed by atoms with Crippen molar-refractivity contribution in [2.45, 2.75) is 45.8 Å². The Bertz CT molecular complexity index is 770. The minimum absolute atomic E-state index is 0.330. The van der Waals surface area contributed by atoms with E-state index in [-0.39, 0.29) is 18.3 Å². The van der Waals surface area contributed by atoms with Gasteiger partial charge in [0.15, 0.2) is 0 Å². The molecule has 1 aromatic heterocycles. The summed E-state index contributed by atoms with van der Waals surface area (Å²) in [4.78, 5) is 3.40. The molecular formula is C19H24BNO2. The summed E-state index contributed by atoms with van der Waals surface area (Å²) in [6.07, 6.45) is 5.99. The summed E-state index contributed by atoms with van der Waals surface area (Å²) in [6, 6.07) is 6.29. The van der Waals surface area contributed by atoms with E-state index >= 15 is 0 Å². The first-order valence-electron chi connectivity index (χ1n) is 8.05. The van der Waals surface area contributed by atoms with Crippen molar-refractivity contribution in [3.05, 3.63) is 42.1 Å². The molecule has 2 heterocycles. The van der Waals surface area contributed by atoms with E-state index in [1.165, 1.54) is 0 Å². The lowest BCUT2D eigenvalue weighted by Crippen LogP contribution is -2.41. The number of nitrogens with one attached hydrogen (secondary N) is 1. The predicted molar refractivity (Wildman–Crippen MR) is 98.8 cm³/mol. The Kier molecular flexibility index (Phi) is 3.78. The highest BCUT2D eigenvalue weighted by molar-refractivity contribution is 6.62. The van der Waals surface area contributed by atoms with Crippen LogP contribution in [0.1, 0.15) is 45.9 Å². The van der Waals surface area contributed by atoms with Crippen LogP contribution in [0.15, 0.2) is 30.9 Å². The zero-order valence-corrected chi connectivity index (χ0v) is 14.6. The van der Waals surface area contributed by atoms with Crippen LogP contribution in [0.3, 0.4) is 0 Å². The van der Waals surface area contributed by atoms with Crippen LogP contribution in [0.5, 0.6) is 0 Å². The van der Waals surface area contributed by atoms with Gasteiger partial charge in [0.2, 0.25) is 0 Å². The molecule has 0 aliphatic carbocycles. The summed E-state index contributed by atoms with van der Waals surface area (Å²) in [7, 11) is -0.343. The topological polar surface area (TPSA) is 34.2 Å². The monoisotopic (exact) mass is 309 g/mol. The van der Waals surface area contributed by atoms with Crippen molar-refractivity contribution in [2.24, 2.45) is 0 Å². The molecule has 3 nitrogen and oxygen atoms in total. The quantitative estimate of drug-likeness (QED) is 0.865. The molecule has 1 N–H and O–H groups in total. The van der Waals surface area contributed by atoms with Crippen molar-refractivity contribution in [2.75, 3.05) is 0 Å². The van der Waals surface area contributed by atoms with Gasteiger partial charge in [0.05, 0.1) is 11.2 Å². The number of hydrogen-bond acceptors (Lipinski definition) is 2. The summed E-state index contributed by atoms with van der Waals surface area (Å²) >= 11 is 0. The third-order valence-corrected chi connectivity index (χ3v) is 4.96. The van der Waals surface area contributed by atoms with Gasteiger partial charge in [-0.05, 0) is 52.2 Å². The van der Waals surface area contributed by atoms with Crippen LogP contribution in [0, 0.1) is 0 Å². The third-order valence-electron chi connectivity index (χ3n) is 4.96. The summed E-state index contributed by atoms with van der Waals surface area (Å²) in [5.74, 6) is 0. The first-order valence-corrected chi connectivity index (χ1v) is 8.05. The first kappa shape index (κ1) is 16.1. The van der Waals surface area contributed by atoms with E-state index in [2.05, 4.69) is 63.5 Å². The zero-order chi connectivity index (χ0) is 16.8. The second-order valence-corrected chi connectivity index (χ2v) is 7.05. The molecule has 1 saturated heterocycles. The highest BCUT2D eigenvalue weighted by Crippen LogP contribution is 2.36. The number of aromatic amines is 1. The average molecular weight is 309 g/mol. The maximum absolute atomic E-state index is 6.16. The molecule has 4 heteroatoms. The molecule has 120 valence electrons. The normalized spacial score (nSPS) is 19.8. The smallest absolute Gasteiger partial charge is 0.399 e. The second-order valence-electron chi connectivity index (χ2n) is 7.05. The Hall–Kier alpha value is -1.78. The van der Waals surface area contributed by atoms with Crippen molar-refractivity contribution in [3.8, 4) is 0 Å². The van der Waals surface area contributed by atoms with E-state index in [1.807, 2.05) is 19.1 Å². The van der Waals surface area contributed by atoms with Gasteiger partial charge in [-0.1, -0.05) is 30.9 Å².